The van der Waals surface area contributed by atoms with Crippen LogP contribution in [0.4, 0.5) is 0 Å². The van der Waals surface area contributed by atoms with Gasteiger partial charge in [-0.25, -0.2) is 0 Å². The number of piperidine rings is 1. The van der Waals surface area contributed by atoms with Crippen LogP contribution in [0.5, 0.6) is 23.0 Å². The lowest BCUT2D eigenvalue weighted by molar-refractivity contribution is -0.110. The van der Waals surface area contributed by atoms with E-state index >= 15 is 0 Å². The van der Waals surface area contributed by atoms with Gasteiger partial charge in [0.05, 0.1) is 20.8 Å². The molecular formula is C27H33NO5. The highest BCUT2D eigenvalue weighted by Gasteiger charge is 2.10. The van der Waals surface area contributed by atoms with Crippen molar-refractivity contribution in [2.24, 2.45) is 0 Å². The summed E-state index contributed by atoms with van der Waals surface area (Å²) in [6.07, 6.45) is 11.3. The second kappa shape index (κ2) is 12.7. The van der Waals surface area contributed by atoms with Crippen LogP contribution < -0.4 is 14.2 Å². The normalized spacial score (nSPS) is 14.6. The maximum Gasteiger partial charge on any atom is 0.178 e. The molecule has 176 valence electrons. The van der Waals surface area contributed by atoms with Crippen LogP contribution in [0, 0.1) is 0 Å². The number of methoxy groups -OCH3 is 2. The van der Waals surface area contributed by atoms with E-state index in [2.05, 4.69) is 4.90 Å². The standard InChI is InChI=1S/C27H33NO5/c1-31-26-19-21(9-13-24(26)30)7-11-23(29)12-8-22-10-14-25(27(20-22)32-2)33-18-6-17-28-15-4-3-5-16-28/h7-14,19-20,30H,3-6,15-18H2,1-2H3/b11-7+,12-8+. The number of aromatic hydroxyl groups is 1. The summed E-state index contributed by atoms with van der Waals surface area (Å²) < 4.78 is 16.5. The molecule has 0 radical (unpaired) electrons. The lowest BCUT2D eigenvalue weighted by Crippen LogP contribution is -2.31. The van der Waals surface area contributed by atoms with Gasteiger partial charge in [-0.3, -0.25) is 4.79 Å². The third kappa shape index (κ3) is 7.68. The van der Waals surface area contributed by atoms with Crippen LogP contribution in [0.25, 0.3) is 12.2 Å². The molecule has 0 saturated carbocycles. The minimum atomic E-state index is -0.154. The Bertz CT molecular complexity index is 976. The zero-order chi connectivity index (χ0) is 23.5. The smallest absolute Gasteiger partial charge is 0.178 e. The van der Waals surface area contributed by atoms with E-state index in [0.29, 0.717) is 23.9 Å². The molecule has 0 atom stereocenters. The van der Waals surface area contributed by atoms with Gasteiger partial charge in [0.25, 0.3) is 0 Å². The Morgan fingerprint density at radius 3 is 2.21 bits per heavy atom. The number of benzene rings is 2. The fourth-order valence-electron chi connectivity index (χ4n) is 3.77. The molecule has 1 saturated heterocycles. The first-order valence-corrected chi connectivity index (χ1v) is 11.4. The monoisotopic (exact) mass is 451 g/mol. The molecular weight excluding hydrogens is 418 g/mol. The Balaban J connectivity index is 1.52. The van der Waals surface area contributed by atoms with E-state index in [1.807, 2.05) is 18.2 Å². The summed E-state index contributed by atoms with van der Waals surface area (Å²) in [5.41, 5.74) is 1.61. The first-order valence-electron chi connectivity index (χ1n) is 11.4. The van der Waals surface area contributed by atoms with Gasteiger partial charge in [-0.15, -0.1) is 0 Å². The molecule has 2 aromatic rings. The second-order valence-electron chi connectivity index (χ2n) is 8.01. The lowest BCUT2D eigenvalue weighted by Gasteiger charge is -2.26. The maximum absolute atomic E-state index is 12.2. The molecule has 0 spiro atoms. The molecule has 1 aliphatic heterocycles. The van der Waals surface area contributed by atoms with Crippen molar-refractivity contribution in [1.82, 2.24) is 4.90 Å². The number of hydrogen-bond donors (Lipinski definition) is 1. The van der Waals surface area contributed by atoms with E-state index in [-0.39, 0.29) is 11.5 Å². The summed E-state index contributed by atoms with van der Waals surface area (Å²) >= 11 is 0. The van der Waals surface area contributed by atoms with Crippen molar-refractivity contribution < 1.29 is 24.1 Å². The molecule has 0 amide bonds. The largest absolute Gasteiger partial charge is 0.504 e. The zero-order valence-electron chi connectivity index (χ0n) is 19.5. The number of phenolic OH excluding ortho intramolecular Hbond substituents is 1. The quantitative estimate of drug-likeness (QED) is 0.385. The number of hydrogen-bond acceptors (Lipinski definition) is 6. The van der Waals surface area contributed by atoms with Gasteiger partial charge < -0.3 is 24.2 Å². The molecule has 33 heavy (non-hydrogen) atoms. The van der Waals surface area contributed by atoms with E-state index < -0.39 is 0 Å². The minimum Gasteiger partial charge on any atom is -0.504 e. The average molecular weight is 452 g/mol. The van der Waals surface area contributed by atoms with Crippen molar-refractivity contribution >= 4 is 17.9 Å². The van der Waals surface area contributed by atoms with Gasteiger partial charge >= 0.3 is 0 Å². The summed E-state index contributed by atoms with van der Waals surface area (Å²) in [7, 11) is 3.10. The molecule has 1 N–H and O–H groups in total. The summed E-state index contributed by atoms with van der Waals surface area (Å²) in [4.78, 5) is 14.7. The van der Waals surface area contributed by atoms with Crippen LogP contribution >= 0.6 is 0 Å². The van der Waals surface area contributed by atoms with Gasteiger partial charge in [0, 0.05) is 6.54 Å². The van der Waals surface area contributed by atoms with Gasteiger partial charge in [0.15, 0.2) is 28.8 Å². The zero-order valence-corrected chi connectivity index (χ0v) is 19.5. The third-order valence-corrected chi connectivity index (χ3v) is 5.60. The first kappa shape index (κ1) is 24.4. The number of ether oxygens (including phenoxy) is 3. The fraction of sp³-hybridized carbons (Fsp3) is 0.370. The van der Waals surface area contributed by atoms with Gasteiger partial charge in [-0.05, 0) is 79.9 Å². The van der Waals surface area contributed by atoms with E-state index in [1.54, 1.807) is 31.4 Å². The van der Waals surface area contributed by atoms with Crippen molar-refractivity contribution in [3.8, 4) is 23.0 Å². The number of phenols is 1. The van der Waals surface area contributed by atoms with E-state index in [0.717, 1.165) is 24.1 Å². The Labute approximate surface area is 196 Å². The molecule has 1 fully saturated rings. The number of carbonyl (C=O) groups excluding carboxylic acids is 1. The number of likely N-dealkylation sites (tertiary alicyclic amines) is 1. The van der Waals surface area contributed by atoms with Crippen molar-refractivity contribution in [2.45, 2.75) is 25.7 Å². The highest BCUT2D eigenvalue weighted by Crippen LogP contribution is 2.29. The molecule has 0 unspecified atom stereocenters. The van der Waals surface area contributed by atoms with Crippen LogP contribution in [0.2, 0.25) is 0 Å². The van der Waals surface area contributed by atoms with Crippen LogP contribution in [-0.4, -0.2) is 56.3 Å². The fourth-order valence-corrected chi connectivity index (χ4v) is 3.77. The topological polar surface area (TPSA) is 68.2 Å². The Kier molecular flexibility index (Phi) is 9.39. The van der Waals surface area contributed by atoms with Crippen LogP contribution in [0.1, 0.15) is 36.8 Å². The second-order valence-corrected chi connectivity index (χ2v) is 8.01. The van der Waals surface area contributed by atoms with Gasteiger partial charge in [0.1, 0.15) is 0 Å². The molecule has 0 aliphatic carbocycles. The predicted octanol–water partition coefficient (Wildman–Crippen LogP) is 4.96. The van der Waals surface area contributed by atoms with E-state index in [9.17, 15) is 9.90 Å². The molecule has 6 nitrogen and oxygen atoms in total. The highest BCUT2D eigenvalue weighted by molar-refractivity contribution is 6.04. The molecule has 0 aromatic heterocycles. The van der Waals surface area contributed by atoms with Crippen LogP contribution in [-0.2, 0) is 4.79 Å². The maximum atomic E-state index is 12.2. The van der Waals surface area contributed by atoms with Gasteiger partial charge in [0.2, 0.25) is 0 Å². The third-order valence-electron chi connectivity index (χ3n) is 5.60. The predicted molar refractivity (Wildman–Crippen MR) is 131 cm³/mol. The van der Waals surface area contributed by atoms with Crippen molar-refractivity contribution in [2.75, 3.05) is 40.5 Å². The Morgan fingerprint density at radius 1 is 0.909 bits per heavy atom. The summed E-state index contributed by atoms with van der Waals surface area (Å²) in [5.74, 6) is 1.62. The van der Waals surface area contributed by atoms with E-state index in [4.69, 9.17) is 14.2 Å². The highest BCUT2D eigenvalue weighted by atomic mass is 16.5. The number of rotatable bonds is 11. The van der Waals surface area contributed by atoms with Gasteiger partial charge in [-0.1, -0.05) is 30.7 Å². The minimum absolute atomic E-state index is 0.0595. The van der Waals surface area contributed by atoms with Gasteiger partial charge in [-0.2, -0.15) is 0 Å². The first-order chi connectivity index (χ1) is 16.1. The number of carbonyl (C=O) groups is 1. The SMILES string of the molecule is COc1cc(/C=C/C(=O)/C=C/c2ccc(OCCCN3CCCCC3)c(OC)c2)ccc1O. The van der Waals surface area contributed by atoms with Crippen molar-refractivity contribution in [3.63, 3.8) is 0 Å². The molecule has 6 heteroatoms. The average Bonchev–Trinajstić information content (AvgIpc) is 2.85. The molecule has 3 rings (SSSR count). The Morgan fingerprint density at radius 2 is 1.55 bits per heavy atom. The number of allylic oxidation sites excluding steroid dienone is 2. The van der Waals surface area contributed by atoms with Crippen LogP contribution in [0.3, 0.4) is 0 Å². The molecule has 0 bridgehead atoms. The lowest BCUT2D eigenvalue weighted by atomic mass is 10.1. The molecule has 1 aliphatic rings. The molecule has 2 aromatic carbocycles. The number of nitrogens with zero attached hydrogens (tertiary/aromatic N) is 1. The van der Waals surface area contributed by atoms with Crippen molar-refractivity contribution in [1.29, 1.82) is 0 Å². The summed E-state index contributed by atoms with van der Waals surface area (Å²) in [6, 6.07) is 10.5. The molecule has 1 heterocycles. The van der Waals surface area contributed by atoms with E-state index in [1.165, 1.54) is 57.7 Å². The van der Waals surface area contributed by atoms with Crippen molar-refractivity contribution in [3.05, 3.63) is 59.7 Å². The summed E-state index contributed by atoms with van der Waals surface area (Å²) in [6.45, 7) is 4.10. The van der Waals surface area contributed by atoms with Crippen LogP contribution in [0.15, 0.2) is 48.6 Å². The Hall–Kier alpha value is -3.25. The number of ketones is 1. The summed E-state index contributed by atoms with van der Waals surface area (Å²) in [5, 5.41) is 9.65.